The van der Waals surface area contributed by atoms with Gasteiger partial charge in [-0.05, 0) is 11.8 Å². The molecule has 96 valence electrons. The summed E-state index contributed by atoms with van der Waals surface area (Å²) in [6, 6.07) is 0. The number of rotatable bonds is 3. The Hall–Kier alpha value is -0.790. The fourth-order valence-corrected chi connectivity index (χ4v) is 1.11. The molecule has 0 rings (SSSR count). The van der Waals surface area contributed by atoms with Crippen LogP contribution in [0.1, 0.15) is 33.6 Å². The Labute approximate surface area is 91.9 Å². The molecule has 0 saturated carbocycles. The Morgan fingerprint density at radius 1 is 1.19 bits per heavy atom. The van der Waals surface area contributed by atoms with E-state index in [1.54, 1.807) is 20.8 Å². The Kier molecular flexibility index (Phi) is 4.38. The Morgan fingerprint density at radius 3 is 1.94 bits per heavy atom. The van der Waals surface area contributed by atoms with Crippen LogP contribution in [0.2, 0.25) is 0 Å². The minimum atomic E-state index is -5.81. The highest BCUT2D eigenvalue weighted by molar-refractivity contribution is 7.88. The molecule has 0 aromatic rings. The van der Waals surface area contributed by atoms with E-state index < -0.39 is 21.6 Å². The van der Waals surface area contributed by atoms with Gasteiger partial charge in [0.05, 0.1) is 0 Å². The molecule has 0 spiro atoms. The molecule has 0 aromatic carbocycles. The van der Waals surface area contributed by atoms with Gasteiger partial charge in [-0.3, -0.25) is 4.79 Å². The van der Waals surface area contributed by atoms with Crippen LogP contribution < -0.4 is 0 Å². The molecule has 0 amide bonds. The molecule has 4 nitrogen and oxygen atoms in total. The summed E-state index contributed by atoms with van der Waals surface area (Å²) in [5, 5.41) is 0. The molecular formula is C8H13F3O4S. The van der Waals surface area contributed by atoms with E-state index >= 15 is 0 Å². The summed E-state index contributed by atoms with van der Waals surface area (Å²) in [6.45, 7) is 5.29. The van der Waals surface area contributed by atoms with Gasteiger partial charge in [0.25, 0.3) is 0 Å². The minimum Gasteiger partial charge on any atom is -0.339 e. The standard InChI is InChI=1S/C8H13F3O4S/c1-7(2,3)5-4-6(12)15-16(13,14)8(9,10)11/h4-5H2,1-3H3. The van der Waals surface area contributed by atoms with E-state index in [4.69, 9.17) is 0 Å². The highest BCUT2D eigenvalue weighted by atomic mass is 32.2. The molecule has 0 saturated heterocycles. The van der Waals surface area contributed by atoms with Crippen LogP contribution >= 0.6 is 0 Å². The summed E-state index contributed by atoms with van der Waals surface area (Å²) in [6.07, 6.45) is -0.141. The summed E-state index contributed by atoms with van der Waals surface area (Å²) in [5.41, 5.74) is -5.86. The molecule has 0 aliphatic heterocycles. The molecule has 0 aromatic heterocycles. The van der Waals surface area contributed by atoms with Crippen molar-refractivity contribution in [2.45, 2.75) is 39.1 Å². The topological polar surface area (TPSA) is 60.4 Å². The first-order valence-corrected chi connectivity index (χ1v) is 5.79. The van der Waals surface area contributed by atoms with Gasteiger partial charge in [0.15, 0.2) is 0 Å². The van der Waals surface area contributed by atoms with Crippen molar-refractivity contribution in [1.82, 2.24) is 0 Å². The van der Waals surface area contributed by atoms with Crippen LogP contribution in [0.25, 0.3) is 0 Å². The van der Waals surface area contributed by atoms with Crippen LogP contribution in [0.4, 0.5) is 13.2 Å². The van der Waals surface area contributed by atoms with Crippen molar-refractivity contribution >= 4 is 16.1 Å². The number of alkyl halides is 3. The normalized spacial score (nSPS) is 13.6. The van der Waals surface area contributed by atoms with Crippen LogP contribution in [0, 0.1) is 5.41 Å². The fraction of sp³-hybridized carbons (Fsp3) is 0.875. The average Bonchev–Trinajstić information content (AvgIpc) is 1.96. The summed E-state index contributed by atoms with van der Waals surface area (Å²) < 4.78 is 59.7. The van der Waals surface area contributed by atoms with Crippen molar-refractivity contribution < 1.29 is 30.6 Å². The molecule has 0 atom stereocenters. The van der Waals surface area contributed by atoms with Gasteiger partial charge in [0, 0.05) is 6.42 Å². The van der Waals surface area contributed by atoms with Gasteiger partial charge in [0.1, 0.15) is 0 Å². The van der Waals surface area contributed by atoms with Crippen molar-refractivity contribution in [3.63, 3.8) is 0 Å². The fourth-order valence-electron chi connectivity index (χ4n) is 0.688. The third-order valence-corrected chi connectivity index (χ3v) is 2.54. The van der Waals surface area contributed by atoms with Crippen LogP contribution in [-0.2, 0) is 19.1 Å². The van der Waals surface area contributed by atoms with Crippen molar-refractivity contribution in [2.75, 3.05) is 0 Å². The molecule has 0 radical (unpaired) electrons. The first kappa shape index (κ1) is 15.2. The van der Waals surface area contributed by atoms with Crippen molar-refractivity contribution in [1.29, 1.82) is 0 Å². The lowest BCUT2D eigenvalue weighted by molar-refractivity contribution is -0.136. The lowest BCUT2D eigenvalue weighted by atomic mass is 9.91. The zero-order valence-corrected chi connectivity index (χ0v) is 9.91. The quantitative estimate of drug-likeness (QED) is 0.578. The van der Waals surface area contributed by atoms with Gasteiger partial charge in [0.2, 0.25) is 0 Å². The molecular weight excluding hydrogens is 249 g/mol. The van der Waals surface area contributed by atoms with E-state index in [1.165, 1.54) is 0 Å². The van der Waals surface area contributed by atoms with Gasteiger partial charge in [-0.15, -0.1) is 0 Å². The predicted molar refractivity (Wildman–Crippen MR) is 49.8 cm³/mol. The monoisotopic (exact) mass is 262 g/mol. The third kappa shape index (κ3) is 5.34. The highest BCUT2D eigenvalue weighted by Gasteiger charge is 2.49. The van der Waals surface area contributed by atoms with Crippen LogP contribution in [0.3, 0.4) is 0 Å². The van der Waals surface area contributed by atoms with E-state index in [9.17, 15) is 26.4 Å². The van der Waals surface area contributed by atoms with Gasteiger partial charge in [-0.2, -0.15) is 21.6 Å². The van der Waals surface area contributed by atoms with Gasteiger partial charge in [-0.25, -0.2) is 0 Å². The molecule has 0 aliphatic rings. The highest BCUT2D eigenvalue weighted by Crippen LogP contribution is 2.26. The summed E-state index contributed by atoms with van der Waals surface area (Å²) in [4.78, 5) is 10.9. The largest absolute Gasteiger partial charge is 0.534 e. The van der Waals surface area contributed by atoms with Gasteiger partial charge < -0.3 is 4.18 Å². The lowest BCUT2D eigenvalue weighted by Crippen LogP contribution is -2.28. The lowest BCUT2D eigenvalue weighted by Gasteiger charge is -2.16. The third-order valence-electron chi connectivity index (χ3n) is 1.57. The predicted octanol–water partition coefficient (Wildman–Crippen LogP) is 2.21. The zero-order valence-electron chi connectivity index (χ0n) is 9.09. The zero-order chi connectivity index (χ0) is 13.2. The average molecular weight is 262 g/mol. The first-order chi connectivity index (χ1) is 6.85. The maximum atomic E-state index is 11.8. The second-order valence-corrected chi connectivity index (χ2v) is 5.95. The Bertz CT molecular complexity index is 350. The molecule has 0 unspecified atom stereocenters. The molecule has 0 aliphatic carbocycles. The maximum absolute atomic E-state index is 11.8. The van der Waals surface area contributed by atoms with Crippen LogP contribution in [0.15, 0.2) is 0 Å². The molecule has 0 N–H and O–H groups in total. The Morgan fingerprint density at radius 2 is 1.62 bits per heavy atom. The van der Waals surface area contributed by atoms with Crippen molar-refractivity contribution in [2.24, 2.45) is 5.41 Å². The van der Waals surface area contributed by atoms with E-state index in [1.807, 2.05) is 0 Å². The van der Waals surface area contributed by atoms with Crippen LogP contribution in [0.5, 0.6) is 0 Å². The number of carbonyl (C=O) groups is 1. The second-order valence-electron chi connectivity index (χ2n) is 4.42. The summed E-state index contributed by atoms with van der Waals surface area (Å²) >= 11 is 0. The minimum absolute atomic E-state index is 0.235. The molecule has 8 heteroatoms. The molecule has 0 fully saturated rings. The number of halogens is 3. The van der Waals surface area contributed by atoms with E-state index in [0.29, 0.717) is 0 Å². The summed E-state index contributed by atoms with van der Waals surface area (Å²) in [7, 11) is -5.81. The Balaban J connectivity index is 4.39. The van der Waals surface area contributed by atoms with Gasteiger partial charge in [-0.1, -0.05) is 20.8 Å². The van der Waals surface area contributed by atoms with E-state index in [2.05, 4.69) is 4.18 Å². The first-order valence-electron chi connectivity index (χ1n) is 4.39. The number of carbonyl (C=O) groups excluding carboxylic acids is 1. The smallest absolute Gasteiger partial charge is 0.339 e. The van der Waals surface area contributed by atoms with Gasteiger partial charge >= 0.3 is 21.6 Å². The van der Waals surface area contributed by atoms with Crippen molar-refractivity contribution in [3.05, 3.63) is 0 Å². The van der Waals surface area contributed by atoms with Crippen LogP contribution in [-0.4, -0.2) is 19.9 Å². The SMILES string of the molecule is CC(C)(C)CCC(=O)OS(=O)(=O)C(F)(F)F. The maximum Gasteiger partial charge on any atom is 0.534 e. The molecule has 0 bridgehead atoms. The van der Waals surface area contributed by atoms with E-state index in [-0.39, 0.29) is 18.3 Å². The number of hydrogen-bond acceptors (Lipinski definition) is 4. The van der Waals surface area contributed by atoms with Crippen molar-refractivity contribution in [3.8, 4) is 0 Å². The molecule has 0 heterocycles. The second kappa shape index (κ2) is 4.60. The molecule has 16 heavy (non-hydrogen) atoms. The van der Waals surface area contributed by atoms with E-state index in [0.717, 1.165) is 0 Å². The number of hydrogen-bond donors (Lipinski definition) is 0. The summed E-state index contributed by atoms with van der Waals surface area (Å²) in [5.74, 6) is -1.40.